The highest BCUT2D eigenvalue weighted by atomic mass is 32.2. The third-order valence-electron chi connectivity index (χ3n) is 4.24. The fourth-order valence-electron chi connectivity index (χ4n) is 2.88. The predicted molar refractivity (Wildman–Crippen MR) is 93.0 cm³/mol. The quantitative estimate of drug-likeness (QED) is 0.594. The van der Waals surface area contributed by atoms with E-state index in [0.717, 1.165) is 12.1 Å². The first kappa shape index (κ1) is 18.2. The second kappa shape index (κ2) is 6.96. The van der Waals surface area contributed by atoms with Crippen molar-refractivity contribution < 1.29 is 17.7 Å². The number of hydrogen-bond acceptors (Lipinski definition) is 6. The fourth-order valence-corrected chi connectivity index (χ4v) is 4.30. The van der Waals surface area contributed by atoms with Crippen molar-refractivity contribution in [2.45, 2.75) is 11.8 Å². The summed E-state index contributed by atoms with van der Waals surface area (Å²) in [5.41, 5.74) is 0.581. The minimum Gasteiger partial charge on any atom is -0.354 e. The van der Waals surface area contributed by atoms with Gasteiger partial charge in [-0.25, -0.2) is 17.8 Å². The Bertz CT molecular complexity index is 926. The van der Waals surface area contributed by atoms with Gasteiger partial charge in [0, 0.05) is 32.2 Å². The number of piperazine rings is 1. The molecule has 0 spiro atoms. The number of halogens is 1. The van der Waals surface area contributed by atoms with Crippen LogP contribution in [0.3, 0.4) is 0 Å². The Hall–Kier alpha value is -2.59. The molecule has 8 nitrogen and oxygen atoms in total. The number of nitro groups is 1. The van der Waals surface area contributed by atoms with Gasteiger partial charge in [0.2, 0.25) is 10.0 Å². The molecule has 0 N–H and O–H groups in total. The van der Waals surface area contributed by atoms with Crippen LogP contribution in [0.2, 0.25) is 0 Å². The van der Waals surface area contributed by atoms with Crippen LogP contribution in [-0.2, 0) is 10.0 Å². The molecule has 3 rings (SSSR count). The van der Waals surface area contributed by atoms with E-state index in [9.17, 15) is 22.9 Å². The molecule has 0 aliphatic carbocycles. The highest BCUT2D eigenvalue weighted by Gasteiger charge is 2.29. The molecule has 2 heterocycles. The number of hydrogen-bond donors (Lipinski definition) is 0. The van der Waals surface area contributed by atoms with Gasteiger partial charge < -0.3 is 4.90 Å². The largest absolute Gasteiger partial charge is 0.354 e. The Morgan fingerprint density at radius 1 is 1.15 bits per heavy atom. The molecule has 1 aliphatic heterocycles. The first-order valence-corrected chi connectivity index (χ1v) is 9.35. The van der Waals surface area contributed by atoms with Crippen LogP contribution in [0.15, 0.2) is 41.4 Å². The minimum atomic E-state index is -3.68. The van der Waals surface area contributed by atoms with Crippen molar-refractivity contribution in [3.05, 3.63) is 58.0 Å². The van der Waals surface area contributed by atoms with E-state index in [4.69, 9.17) is 0 Å². The molecular formula is C16H17FN4O4S. The van der Waals surface area contributed by atoms with Crippen molar-refractivity contribution in [2.24, 2.45) is 0 Å². The van der Waals surface area contributed by atoms with E-state index in [1.165, 1.54) is 28.7 Å². The molecule has 1 saturated heterocycles. The van der Waals surface area contributed by atoms with Crippen LogP contribution in [0.1, 0.15) is 5.56 Å². The van der Waals surface area contributed by atoms with Crippen LogP contribution in [0.4, 0.5) is 15.9 Å². The summed E-state index contributed by atoms with van der Waals surface area (Å²) in [6.45, 7) is 3.05. The summed E-state index contributed by atoms with van der Waals surface area (Å²) in [7, 11) is -3.68. The molecule has 2 aromatic rings. The Kier molecular flexibility index (Phi) is 4.88. The standard InChI is InChI=1S/C16H17FN4O4S/c1-12-10-14(21(22)23)11-18-16(12)19-6-8-20(9-7-19)26(24,25)15-4-2-13(17)3-5-15/h2-5,10-11H,6-9H2,1H3. The monoisotopic (exact) mass is 380 g/mol. The summed E-state index contributed by atoms with van der Waals surface area (Å²) in [4.78, 5) is 16.4. The van der Waals surface area contributed by atoms with Crippen LogP contribution in [0.5, 0.6) is 0 Å². The average Bonchev–Trinajstić information content (AvgIpc) is 2.62. The zero-order valence-electron chi connectivity index (χ0n) is 14.0. The molecule has 0 bridgehead atoms. The number of rotatable bonds is 4. The molecule has 0 saturated carbocycles. The zero-order chi connectivity index (χ0) is 18.9. The van der Waals surface area contributed by atoms with E-state index in [-0.39, 0.29) is 23.7 Å². The molecule has 0 radical (unpaired) electrons. The second-order valence-electron chi connectivity index (χ2n) is 5.94. The Balaban J connectivity index is 1.73. The molecule has 1 aromatic heterocycles. The first-order chi connectivity index (χ1) is 12.3. The minimum absolute atomic E-state index is 0.0528. The number of pyridine rings is 1. The fraction of sp³-hybridized carbons (Fsp3) is 0.312. The van der Waals surface area contributed by atoms with Gasteiger partial charge in [-0.05, 0) is 36.8 Å². The normalized spacial score (nSPS) is 15.8. The second-order valence-corrected chi connectivity index (χ2v) is 7.87. The number of sulfonamides is 1. The lowest BCUT2D eigenvalue weighted by Gasteiger charge is -2.35. The third-order valence-corrected chi connectivity index (χ3v) is 6.15. The van der Waals surface area contributed by atoms with Gasteiger partial charge in [0.25, 0.3) is 5.69 Å². The van der Waals surface area contributed by atoms with E-state index in [0.29, 0.717) is 24.5 Å². The lowest BCUT2D eigenvalue weighted by molar-refractivity contribution is -0.385. The number of benzene rings is 1. The topological polar surface area (TPSA) is 96.7 Å². The molecule has 1 aromatic carbocycles. The van der Waals surface area contributed by atoms with Gasteiger partial charge in [0.15, 0.2) is 0 Å². The maximum atomic E-state index is 13.0. The van der Waals surface area contributed by atoms with Crippen molar-refractivity contribution >= 4 is 21.5 Å². The SMILES string of the molecule is Cc1cc([N+](=O)[O-])cnc1N1CCN(S(=O)(=O)c2ccc(F)cc2)CC1. The summed E-state index contributed by atoms with van der Waals surface area (Å²) >= 11 is 0. The summed E-state index contributed by atoms with van der Waals surface area (Å²) in [5.74, 6) is 0.114. The maximum absolute atomic E-state index is 13.0. The number of aromatic nitrogens is 1. The Labute approximate surface area is 150 Å². The van der Waals surface area contributed by atoms with Crippen LogP contribution in [-0.4, -0.2) is 48.8 Å². The average molecular weight is 380 g/mol. The molecular weight excluding hydrogens is 363 g/mol. The van der Waals surface area contributed by atoms with Crippen molar-refractivity contribution in [1.82, 2.24) is 9.29 Å². The van der Waals surface area contributed by atoms with E-state index in [2.05, 4.69) is 4.98 Å². The lowest BCUT2D eigenvalue weighted by Crippen LogP contribution is -2.49. The first-order valence-electron chi connectivity index (χ1n) is 7.91. The summed E-state index contributed by atoms with van der Waals surface area (Å²) < 4.78 is 39.6. The van der Waals surface area contributed by atoms with E-state index in [1.54, 1.807) is 6.92 Å². The molecule has 0 atom stereocenters. The zero-order valence-corrected chi connectivity index (χ0v) is 14.8. The molecule has 26 heavy (non-hydrogen) atoms. The molecule has 138 valence electrons. The van der Waals surface area contributed by atoms with Crippen LogP contribution in [0.25, 0.3) is 0 Å². The highest BCUT2D eigenvalue weighted by Crippen LogP contribution is 2.24. The molecule has 0 amide bonds. The van der Waals surface area contributed by atoms with E-state index < -0.39 is 20.8 Å². The Morgan fingerprint density at radius 2 is 1.77 bits per heavy atom. The number of nitrogens with zero attached hydrogens (tertiary/aromatic N) is 4. The predicted octanol–water partition coefficient (Wildman–Crippen LogP) is 1.95. The van der Waals surface area contributed by atoms with Gasteiger partial charge in [-0.2, -0.15) is 4.31 Å². The van der Waals surface area contributed by atoms with Crippen molar-refractivity contribution in [1.29, 1.82) is 0 Å². The number of anilines is 1. The van der Waals surface area contributed by atoms with Crippen molar-refractivity contribution in [3.63, 3.8) is 0 Å². The molecule has 10 heteroatoms. The summed E-state index contributed by atoms with van der Waals surface area (Å²) in [6.07, 6.45) is 1.20. The van der Waals surface area contributed by atoms with Crippen LogP contribution >= 0.6 is 0 Å². The smallest absolute Gasteiger partial charge is 0.287 e. The summed E-state index contributed by atoms with van der Waals surface area (Å²) in [6, 6.07) is 6.18. The van der Waals surface area contributed by atoms with Gasteiger partial charge in [0.05, 0.1) is 9.82 Å². The summed E-state index contributed by atoms with van der Waals surface area (Å²) in [5, 5.41) is 10.8. The lowest BCUT2D eigenvalue weighted by atomic mass is 10.2. The van der Waals surface area contributed by atoms with Gasteiger partial charge in [-0.3, -0.25) is 10.1 Å². The van der Waals surface area contributed by atoms with Gasteiger partial charge in [-0.1, -0.05) is 0 Å². The van der Waals surface area contributed by atoms with Crippen LogP contribution in [0, 0.1) is 22.9 Å². The van der Waals surface area contributed by atoms with Gasteiger partial charge >= 0.3 is 0 Å². The van der Waals surface area contributed by atoms with Crippen LogP contribution < -0.4 is 4.90 Å². The van der Waals surface area contributed by atoms with Gasteiger partial charge in [0.1, 0.15) is 17.8 Å². The number of aryl methyl sites for hydroxylation is 1. The molecule has 1 fully saturated rings. The van der Waals surface area contributed by atoms with E-state index in [1.807, 2.05) is 4.90 Å². The van der Waals surface area contributed by atoms with Gasteiger partial charge in [-0.15, -0.1) is 0 Å². The molecule has 0 unspecified atom stereocenters. The van der Waals surface area contributed by atoms with E-state index >= 15 is 0 Å². The van der Waals surface area contributed by atoms with Crippen molar-refractivity contribution in [3.8, 4) is 0 Å². The Morgan fingerprint density at radius 3 is 2.31 bits per heavy atom. The maximum Gasteiger partial charge on any atom is 0.287 e. The van der Waals surface area contributed by atoms with Crippen molar-refractivity contribution in [2.75, 3.05) is 31.1 Å². The third kappa shape index (κ3) is 3.51. The molecule has 1 aliphatic rings. The highest BCUT2D eigenvalue weighted by molar-refractivity contribution is 7.89.